The van der Waals surface area contributed by atoms with E-state index in [1.54, 1.807) is 24.1 Å². The van der Waals surface area contributed by atoms with Gasteiger partial charge in [-0.05, 0) is 23.8 Å². The summed E-state index contributed by atoms with van der Waals surface area (Å²) in [4.78, 5) is 83.3. The first-order valence-corrected chi connectivity index (χ1v) is 19.8. The molecule has 0 bridgehead atoms. The van der Waals surface area contributed by atoms with Gasteiger partial charge in [0.05, 0.1) is 105 Å². The van der Waals surface area contributed by atoms with E-state index in [0.717, 1.165) is 11.1 Å². The quantitative estimate of drug-likeness (QED) is 0.0668. The minimum atomic E-state index is -1.45. The van der Waals surface area contributed by atoms with Gasteiger partial charge in [-0.2, -0.15) is 0 Å². The van der Waals surface area contributed by atoms with Gasteiger partial charge in [0.1, 0.15) is 6.04 Å². The van der Waals surface area contributed by atoms with Crippen LogP contribution < -0.4 is 15.5 Å². The molecular formula is C42H54N4O14. The highest BCUT2D eigenvalue weighted by Gasteiger charge is 2.34. The minimum absolute atomic E-state index is 0.0247. The number of amides is 5. The van der Waals surface area contributed by atoms with Gasteiger partial charge in [-0.1, -0.05) is 42.2 Å². The lowest BCUT2D eigenvalue weighted by Crippen LogP contribution is -2.49. The molecule has 0 aliphatic carbocycles. The SMILES string of the molecule is COCCOCCOCCOCCOCCOCCOCCNC(=O)[C@H](CC(=O)ON1C(=O)CCC1=O)NC(=O)CCC(=O)N1Cc2ccccc2C#Cc2ccccc21. The van der Waals surface area contributed by atoms with Crippen LogP contribution in [-0.2, 0) is 73.3 Å². The van der Waals surface area contributed by atoms with Crippen molar-refractivity contribution in [3.63, 3.8) is 0 Å². The number of para-hydroxylation sites is 1. The standard InChI is InChI=1S/C42H54N4O14/c1-53-18-19-55-22-23-57-26-27-59-29-28-58-25-24-56-21-20-54-17-16-43-42(52)35(30-41(51)60-46-39(49)14-15-40(46)50)44-37(47)12-13-38(48)45-31-34-8-3-2-6-32(34)10-11-33-7-4-5-9-36(33)45/h2-9,35H,12-31H2,1H3,(H,43,52)(H,44,47)/t35-/m0/s1. The summed E-state index contributed by atoms with van der Waals surface area (Å²) in [7, 11) is 1.62. The van der Waals surface area contributed by atoms with Gasteiger partial charge >= 0.3 is 5.97 Å². The predicted octanol–water partition coefficient (Wildman–Crippen LogP) is 1.06. The molecule has 0 aromatic heterocycles. The molecule has 1 saturated heterocycles. The van der Waals surface area contributed by atoms with Crippen LogP contribution in [0.5, 0.6) is 0 Å². The highest BCUT2D eigenvalue weighted by Crippen LogP contribution is 2.26. The highest BCUT2D eigenvalue weighted by molar-refractivity contribution is 6.02. The van der Waals surface area contributed by atoms with E-state index in [-0.39, 0.29) is 64.5 Å². The number of fused-ring (bicyclic) bond motifs is 2. The van der Waals surface area contributed by atoms with Crippen LogP contribution >= 0.6 is 0 Å². The molecule has 2 N–H and O–H groups in total. The molecule has 2 aromatic carbocycles. The number of carbonyl (C=O) groups excluding carboxylic acids is 6. The average molecular weight is 839 g/mol. The van der Waals surface area contributed by atoms with Gasteiger partial charge in [0.25, 0.3) is 11.8 Å². The molecule has 2 heterocycles. The number of anilines is 1. The molecule has 2 aliphatic heterocycles. The van der Waals surface area contributed by atoms with Crippen molar-refractivity contribution in [3.8, 4) is 11.8 Å². The maximum atomic E-state index is 13.6. The van der Waals surface area contributed by atoms with Crippen molar-refractivity contribution < 1.29 is 66.8 Å². The molecule has 0 spiro atoms. The van der Waals surface area contributed by atoms with Gasteiger partial charge in [0.2, 0.25) is 17.7 Å². The summed E-state index contributed by atoms with van der Waals surface area (Å²) in [6.45, 7) is 5.39. The fraction of sp³-hybridized carbons (Fsp3) is 0.524. The van der Waals surface area contributed by atoms with Crippen LogP contribution in [0.15, 0.2) is 48.5 Å². The number of nitrogens with zero attached hydrogens (tertiary/aromatic N) is 2. The van der Waals surface area contributed by atoms with Crippen molar-refractivity contribution in [2.45, 2.75) is 44.7 Å². The number of benzene rings is 2. The zero-order chi connectivity index (χ0) is 42.8. The molecule has 18 nitrogen and oxygen atoms in total. The van der Waals surface area contributed by atoms with Crippen LogP contribution in [0, 0.1) is 11.8 Å². The molecule has 1 fully saturated rings. The van der Waals surface area contributed by atoms with Crippen LogP contribution in [0.2, 0.25) is 0 Å². The van der Waals surface area contributed by atoms with Crippen molar-refractivity contribution in [1.82, 2.24) is 15.7 Å². The highest BCUT2D eigenvalue weighted by atomic mass is 16.7. The second-order valence-electron chi connectivity index (χ2n) is 13.2. The van der Waals surface area contributed by atoms with Crippen LogP contribution in [-0.4, -0.2) is 146 Å². The molecule has 4 rings (SSSR count). The molecule has 0 unspecified atom stereocenters. The summed E-state index contributed by atoms with van der Waals surface area (Å²) in [6.07, 6.45) is -1.44. The Bertz CT molecular complexity index is 1760. The third-order valence-electron chi connectivity index (χ3n) is 8.80. The smallest absolute Gasteiger partial charge is 0.335 e. The lowest BCUT2D eigenvalue weighted by molar-refractivity contribution is -0.197. The summed E-state index contributed by atoms with van der Waals surface area (Å²) in [5.74, 6) is 2.04. The first-order chi connectivity index (χ1) is 29.3. The summed E-state index contributed by atoms with van der Waals surface area (Å²) in [5, 5.41) is 5.46. The van der Waals surface area contributed by atoms with Crippen molar-refractivity contribution >= 4 is 41.2 Å². The Hall–Kier alpha value is -5.26. The third-order valence-corrected chi connectivity index (χ3v) is 8.80. The first-order valence-electron chi connectivity index (χ1n) is 19.8. The molecule has 18 heteroatoms. The average Bonchev–Trinajstić information content (AvgIpc) is 3.55. The molecule has 1 atom stereocenters. The lowest BCUT2D eigenvalue weighted by atomic mass is 10.0. The van der Waals surface area contributed by atoms with Crippen molar-refractivity contribution in [1.29, 1.82) is 0 Å². The predicted molar refractivity (Wildman–Crippen MR) is 213 cm³/mol. The summed E-state index contributed by atoms with van der Waals surface area (Å²) < 4.78 is 37.5. The topological polar surface area (TPSA) is 207 Å². The fourth-order valence-corrected chi connectivity index (χ4v) is 5.72. The van der Waals surface area contributed by atoms with Crippen molar-refractivity contribution in [2.75, 3.05) is 104 Å². The van der Waals surface area contributed by atoms with Crippen LogP contribution in [0.25, 0.3) is 0 Å². The van der Waals surface area contributed by atoms with Gasteiger partial charge in [0.15, 0.2) is 0 Å². The number of rotatable bonds is 29. The Labute approximate surface area is 349 Å². The van der Waals surface area contributed by atoms with Crippen LogP contribution in [0.3, 0.4) is 0 Å². The van der Waals surface area contributed by atoms with Gasteiger partial charge in [-0.15, -0.1) is 5.06 Å². The number of hydrogen-bond acceptors (Lipinski definition) is 14. The molecule has 0 saturated carbocycles. The Kier molecular flexibility index (Phi) is 21.7. The molecule has 60 heavy (non-hydrogen) atoms. The summed E-state index contributed by atoms with van der Waals surface area (Å²) in [6, 6.07) is 13.3. The number of hydroxylamine groups is 2. The molecule has 0 radical (unpaired) electrons. The van der Waals surface area contributed by atoms with Crippen LogP contribution in [0.4, 0.5) is 5.69 Å². The van der Waals surface area contributed by atoms with Gasteiger partial charge in [-0.25, -0.2) is 4.79 Å². The minimum Gasteiger partial charge on any atom is -0.382 e. The van der Waals surface area contributed by atoms with E-state index < -0.39 is 42.1 Å². The molecule has 2 aliphatic rings. The zero-order valence-corrected chi connectivity index (χ0v) is 33.9. The van der Waals surface area contributed by atoms with E-state index >= 15 is 0 Å². The van der Waals surface area contributed by atoms with E-state index in [1.807, 2.05) is 36.4 Å². The van der Waals surface area contributed by atoms with E-state index in [1.165, 1.54) is 0 Å². The second kappa shape index (κ2) is 27.5. The number of methoxy groups -OCH3 is 1. The lowest BCUT2D eigenvalue weighted by Gasteiger charge is -2.26. The number of hydrogen-bond donors (Lipinski definition) is 2. The maximum absolute atomic E-state index is 13.6. The second-order valence-corrected chi connectivity index (χ2v) is 13.2. The largest absolute Gasteiger partial charge is 0.382 e. The van der Waals surface area contributed by atoms with Crippen molar-refractivity contribution in [2.24, 2.45) is 0 Å². The third kappa shape index (κ3) is 17.1. The number of nitrogens with one attached hydrogen (secondary N) is 2. The molecule has 326 valence electrons. The number of carbonyl (C=O) groups is 6. The molecular weight excluding hydrogens is 784 g/mol. The maximum Gasteiger partial charge on any atom is 0.335 e. The van der Waals surface area contributed by atoms with E-state index in [2.05, 4.69) is 22.5 Å². The molecule has 2 aromatic rings. The Morgan fingerprint density at radius 3 is 1.78 bits per heavy atom. The first kappa shape index (κ1) is 47.4. The van der Waals surface area contributed by atoms with Gasteiger partial charge < -0.3 is 53.5 Å². The van der Waals surface area contributed by atoms with E-state index in [9.17, 15) is 28.8 Å². The number of imide groups is 1. The van der Waals surface area contributed by atoms with Gasteiger partial charge in [-0.3, -0.25) is 24.0 Å². The van der Waals surface area contributed by atoms with Crippen molar-refractivity contribution in [3.05, 3.63) is 65.2 Å². The van der Waals surface area contributed by atoms with E-state index in [0.29, 0.717) is 82.4 Å². The number of ether oxygens (including phenoxy) is 7. The Balaban J connectivity index is 1.15. The van der Waals surface area contributed by atoms with E-state index in [4.69, 9.17) is 38.0 Å². The summed E-state index contributed by atoms with van der Waals surface area (Å²) >= 11 is 0. The summed E-state index contributed by atoms with van der Waals surface area (Å²) in [5.41, 5.74) is 2.89. The Morgan fingerprint density at radius 1 is 0.667 bits per heavy atom. The molecule has 5 amide bonds. The fourth-order valence-electron chi connectivity index (χ4n) is 5.72. The monoisotopic (exact) mass is 838 g/mol. The zero-order valence-electron chi connectivity index (χ0n) is 33.9. The van der Waals surface area contributed by atoms with Gasteiger partial charge in [0, 0.05) is 50.5 Å². The van der Waals surface area contributed by atoms with Crippen LogP contribution in [0.1, 0.15) is 48.8 Å². The normalized spacial score (nSPS) is 13.7. The Morgan fingerprint density at radius 2 is 1.18 bits per heavy atom.